The summed E-state index contributed by atoms with van der Waals surface area (Å²) >= 11 is 0. The smallest absolute Gasteiger partial charge is 0.333 e. The van der Waals surface area contributed by atoms with Crippen LogP contribution in [0, 0.1) is 0 Å². The van der Waals surface area contributed by atoms with Gasteiger partial charge in [-0.1, -0.05) is 35.9 Å². The van der Waals surface area contributed by atoms with Crippen LogP contribution >= 0.6 is 0 Å². The van der Waals surface area contributed by atoms with Gasteiger partial charge >= 0.3 is 5.97 Å². The minimum atomic E-state index is -0.237. The number of carbonyl (C=O) groups is 1. The van der Waals surface area contributed by atoms with Crippen molar-refractivity contribution in [3.05, 3.63) is 47.0 Å². The van der Waals surface area contributed by atoms with Gasteiger partial charge in [0.2, 0.25) is 0 Å². The topological polar surface area (TPSA) is 26.3 Å². The summed E-state index contributed by atoms with van der Waals surface area (Å²) in [7, 11) is 0. The SMILES string of the molecule is CC(C)=C(C)C(=O)OCc1ccccc1. The van der Waals surface area contributed by atoms with E-state index in [0.29, 0.717) is 12.2 Å². The van der Waals surface area contributed by atoms with Gasteiger partial charge in [-0.3, -0.25) is 0 Å². The van der Waals surface area contributed by atoms with Gasteiger partial charge in [0.1, 0.15) is 6.61 Å². The number of esters is 1. The van der Waals surface area contributed by atoms with E-state index in [-0.39, 0.29) is 5.97 Å². The second-order valence-electron chi connectivity index (χ2n) is 3.69. The number of hydrogen-bond donors (Lipinski definition) is 0. The first-order valence-corrected chi connectivity index (χ1v) is 4.96. The predicted octanol–water partition coefficient (Wildman–Crippen LogP) is 3.09. The zero-order chi connectivity index (χ0) is 11.3. The third-order valence-corrected chi connectivity index (χ3v) is 2.27. The Bertz CT molecular complexity index is 359. The Kier molecular flexibility index (Phi) is 4.10. The zero-order valence-corrected chi connectivity index (χ0v) is 9.41. The van der Waals surface area contributed by atoms with Gasteiger partial charge in [-0.2, -0.15) is 0 Å². The lowest BCUT2D eigenvalue weighted by Crippen LogP contribution is -2.06. The molecule has 0 radical (unpaired) electrons. The molecule has 0 aliphatic carbocycles. The second-order valence-corrected chi connectivity index (χ2v) is 3.69. The van der Waals surface area contributed by atoms with Crippen molar-refractivity contribution < 1.29 is 9.53 Å². The first-order valence-electron chi connectivity index (χ1n) is 4.96. The summed E-state index contributed by atoms with van der Waals surface area (Å²) < 4.78 is 5.15. The molecule has 1 aromatic rings. The molecule has 0 saturated carbocycles. The maximum Gasteiger partial charge on any atom is 0.333 e. The van der Waals surface area contributed by atoms with Crippen LogP contribution in [0.3, 0.4) is 0 Å². The van der Waals surface area contributed by atoms with Crippen LogP contribution in [0.1, 0.15) is 26.3 Å². The molecule has 0 spiro atoms. The van der Waals surface area contributed by atoms with Crippen LogP contribution in [0.15, 0.2) is 41.5 Å². The highest BCUT2D eigenvalue weighted by Crippen LogP contribution is 2.07. The summed E-state index contributed by atoms with van der Waals surface area (Å²) in [4.78, 5) is 11.5. The second kappa shape index (κ2) is 5.35. The Balaban J connectivity index is 2.52. The van der Waals surface area contributed by atoms with Gasteiger partial charge in [0.15, 0.2) is 0 Å². The summed E-state index contributed by atoms with van der Waals surface area (Å²) in [5.41, 5.74) is 2.69. The van der Waals surface area contributed by atoms with Crippen molar-refractivity contribution in [3.63, 3.8) is 0 Å². The summed E-state index contributed by atoms with van der Waals surface area (Å²) in [6.45, 7) is 5.92. The Labute approximate surface area is 90.6 Å². The Hall–Kier alpha value is -1.57. The molecular weight excluding hydrogens is 188 g/mol. The molecule has 0 N–H and O–H groups in total. The van der Waals surface area contributed by atoms with E-state index in [1.165, 1.54) is 0 Å². The van der Waals surface area contributed by atoms with Crippen LogP contribution < -0.4 is 0 Å². The lowest BCUT2D eigenvalue weighted by Gasteiger charge is -2.06. The molecule has 2 nitrogen and oxygen atoms in total. The van der Waals surface area contributed by atoms with E-state index in [1.807, 2.05) is 44.2 Å². The molecule has 0 atom stereocenters. The van der Waals surface area contributed by atoms with E-state index < -0.39 is 0 Å². The highest BCUT2D eigenvalue weighted by Gasteiger charge is 2.06. The van der Waals surface area contributed by atoms with E-state index in [0.717, 1.165) is 11.1 Å². The number of benzene rings is 1. The van der Waals surface area contributed by atoms with Crippen molar-refractivity contribution in [1.82, 2.24) is 0 Å². The summed E-state index contributed by atoms with van der Waals surface area (Å²) in [6, 6.07) is 9.66. The first-order chi connectivity index (χ1) is 7.11. The molecule has 0 bridgehead atoms. The van der Waals surface area contributed by atoms with Crippen LogP contribution in [0.5, 0.6) is 0 Å². The van der Waals surface area contributed by atoms with Crippen molar-refractivity contribution in [3.8, 4) is 0 Å². The summed E-state index contributed by atoms with van der Waals surface area (Å²) in [6.07, 6.45) is 0. The maximum absolute atomic E-state index is 11.5. The van der Waals surface area contributed by atoms with E-state index in [2.05, 4.69) is 0 Å². The molecule has 1 rings (SSSR count). The summed E-state index contributed by atoms with van der Waals surface area (Å²) in [5.74, 6) is -0.237. The van der Waals surface area contributed by atoms with E-state index >= 15 is 0 Å². The molecule has 0 saturated heterocycles. The molecule has 2 heteroatoms. The molecule has 0 aromatic heterocycles. The van der Waals surface area contributed by atoms with Crippen molar-refractivity contribution >= 4 is 5.97 Å². The number of allylic oxidation sites excluding steroid dienone is 1. The van der Waals surface area contributed by atoms with Crippen LogP contribution in [-0.4, -0.2) is 5.97 Å². The lowest BCUT2D eigenvalue weighted by molar-refractivity contribution is -0.140. The number of ether oxygens (including phenoxy) is 1. The average molecular weight is 204 g/mol. The highest BCUT2D eigenvalue weighted by atomic mass is 16.5. The van der Waals surface area contributed by atoms with Gasteiger partial charge in [-0.05, 0) is 26.3 Å². The molecule has 1 aromatic carbocycles. The highest BCUT2D eigenvalue weighted by molar-refractivity contribution is 5.88. The number of carbonyl (C=O) groups excluding carboxylic acids is 1. The van der Waals surface area contributed by atoms with Gasteiger partial charge in [0, 0.05) is 5.57 Å². The zero-order valence-electron chi connectivity index (χ0n) is 9.41. The van der Waals surface area contributed by atoms with Crippen LogP contribution in [0.4, 0.5) is 0 Å². The summed E-state index contributed by atoms with van der Waals surface area (Å²) in [5, 5.41) is 0. The Morgan fingerprint density at radius 2 is 1.73 bits per heavy atom. The largest absolute Gasteiger partial charge is 0.457 e. The Morgan fingerprint density at radius 1 is 1.13 bits per heavy atom. The van der Waals surface area contributed by atoms with Crippen molar-refractivity contribution in [2.75, 3.05) is 0 Å². The van der Waals surface area contributed by atoms with Crippen molar-refractivity contribution in [1.29, 1.82) is 0 Å². The fourth-order valence-corrected chi connectivity index (χ4v) is 1.04. The van der Waals surface area contributed by atoms with Crippen molar-refractivity contribution in [2.24, 2.45) is 0 Å². The minimum Gasteiger partial charge on any atom is -0.457 e. The van der Waals surface area contributed by atoms with Crippen LogP contribution in [0.25, 0.3) is 0 Å². The molecule has 0 unspecified atom stereocenters. The van der Waals surface area contributed by atoms with Crippen molar-refractivity contribution in [2.45, 2.75) is 27.4 Å². The van der Waals surface area contributed by atoms with Gasteiger partial charge < -0.3 is 4.74 Å². The lowest BCUT2D eigenvalue weighted by atomic mass is 10.2. The van der Waals surface area contributed by atoms with Gasteiger partial charge in [-0.15, -0.1) is 0 Å². The molecule has 0 amide bonds. The molecule has 0 fully saturated rings. The van der Waals surface area contributed by atoms with Crippen LogP contribution in [-0.2, 0) is 16.1 Å². The van der Waals surface area contributed by atoms with Gasteiger partial charge in [-0.25, -0.2) is 4.79 Å². The van der Waals surface area contributed by atoms with Crippen LogP contribution in [0.2, 0.25) is 0 Å². The first kappa shape index (κ1) is 11.5. The Morgan fingerprint density at radius 3 is 2.27 bits per heavy atom. The molecule has 0 aliphatic heterocycles. The van der Waals surface area contributed by atoms with Gasteiger partial charge in [0.25, 0.3) is 0 Å². The number of hydrogen-bond acceptors (Lipinski definition) is 2. The maximum atomic E-state index is 11.5. The van der Waals surface area contributed by atoms with E-state index in [9.17, 15) is 4.79 Å². The predicted molar refractivity (Wildman–Crippen MR) is 60.3 cm³/mol. The molecule has 0 heterocycles. The quantitative estimate of drug-likeness (QED) is 0.558. The molecular formula is C13H16O2. The van der Waals surface area contributed by atoms with E-state index in [4.69, 9.17) is 4.74 Å². The van der Waals surface area contributed by atoms with E-state index in [1.54, 1.807) is 6.92 Å². The molecule has 0 aliphatic rings. The minimum absolute atomic E-state index is 0.237. The molecule has 15 heavy (non-hydrogen) atoms. The monoisotopic (exact) mass is 204 g/mol. The third kappa shape index (κ3) is 3.58. The van der Waals surface area contributed by atoms with Gasteiger partial charge in [0.05, 0.1) is 0 Å². The molecule has 80 valence electrons. The average Bonchev–Trinajstić information content (AvgIpc) is 2.26. The standard InChI is InChI=1S/C13H16O2/c1-10(2)11(3)13(14)15-9-12-7-5-4-6-8-12/h4-8H,9H2,1-3H3. The fourth-order valence-electron chi connectivity index (χ4n) is 1.04. The normalized spacial score (nSPS) is 9.53. The number of rotatable bonds is 3. The third-order valence-electron chi connectivity index (χ3n) is 2.27. The fraction of sp³-hybridized carbons (Fsp3) is 0.308.